The van der Waals surface area contributed by atoms with E-state index in [1.54, 1.807) is 0 Å². The lowest BCUT2D eigenvalue weighted by molar-refractivity contribution is 0.958. The van der Waals surface area contributed by atoms with Crippen molar-refractivity contribution in [3.63, 3.8) is 0 Å². The van der Waals surface area contributed by atoms with E-state index in [9.17, 15) is 0 Å². The molecule has 0 bridgehead atoms. The third kappa shape index (κ3) is 6.13. The van der Waals surface area contributed by atoms with Gasteiger partial charge in [0.15, 0.2) is 11.9 Å². The maximum atomic E-state index is 5.36. The molecule has 0 unspecified atom stereocenters. The molecule has 25 heavy (non-hydrogen) atoms. The Morgan fingerprint density at radius 3 is 2.36 bits per heavy atom. The molecule has 0 saturated heterocycles. The first kappa shape index (κ1) is 20.5. The molecule has 0 spiro atoms. The SMILES string of the molecule is Cl.Cl.NC(N)=Nc1ccc(Cc2ccc(NC3=NCCN3)nc2)cc1. The fourth-order valence-electron chi connectivity index (χ4n) is 2.28. The lowest BCUT2D eigenvalue weighted by atomic mass is 10.1. The number of anilines is 1. The molecule has 2 heterocycles. The van der Waals surface area contributed by atoms with Crippen LogP contribution in [0.3, 0.4) is 0 Å². The van der Waals surface area contributed by atoms with Crippen molar-refractivity contribution >= 4 is 48.2 Å². The van der Waals surface area contributed by atoms with Crippen LogP contribution >= 0.6 is 24.8 Å². The van der Waals surface area contributed by atoms with Gasteiger partial charge in [0, 0.05) is 12.7 Å². The van der Waals surface area contributed by atoms with E-state index >= 15 is 0 Å². The molecule has 1 aromatic carbocycles. The van der Waals surface area contributed by atoms with Crippen LogP contribution in [-0.4, -0.2) is 30.0 Å². The number of nitrogens with zero attached hydrogens (tertiary/aromatic N) is 3. The molecular weight excluding hydrogens is 361 g/mol. The topological polar surface area (TPSA) is 114 Å². The summed E-state index contributed by atoms with van der Waals surface area (Å²) in [5.41, 5.74) is 13.8. The largest absolute Gasteiger partial charge is 0.370 e. The highest BCUT2D eigenvalue weighted by molar-refractivity contribution is 5.93. The fraction of sp³-hybridized carbons (Fsp3) is 0.188. The normalized spacial score (nSPS) is 12.1. The molecule has 9 heteroatoms. The Morgan fingerprint density at radius 2 is 1.80 bits per heavy atom. The molecule has 2 aromatic rings. The molecule has 0 fully saturated rings. The molecule has 1 aromatic heterocycles. The van der Waals surface area contributed by atoms with Gasteiger partial charge in [-0.25, -0.2) is 9.98 Å². The number of halogens is 2. The second kappa shape index (κ2) is 9.71. The number of benzene rings is 1. The monoisotopic (exact) mass is 381 g/mol. The van der Waals surface area contributed by atoms with Gasteiger partial charge in [-0.1, -0.05) is 18.2 Å². The summed E-state index contributed by atoms with van der Waals surface area (Å²) in [5.74, 6) is 1.62. The van der Waals surface area contributed by atoms with Crippen molar-refractivity contribution < 1.29 is 0 Å². The first-order chi connectivity index (χ1) is 11.2. The van der Waals surface area contributed by atoms with Gasteiger partial charge in [0.1, 0.15) is 5.82 Å². The smallest absolute Gasteiger partial charge is 0.197 e. The van der Waals surface area contributed by atoms with Crippen LogP contribution in [0.4, 0.5) is 11.5 Å². The van der Waals surface area contributed by atoms with Crippen LogP contribution in [0, 0.1) is 0 Å². The zero-order valence-electron chi connectivity index (χ0n) is 13.5. The summed E-state index contributed by atoms with van der Waals surface area (Å²) in [6, 6.07) is 11.8. The van der Waals surface area contributed by atoms with Gasteiger partial charge in [0.2, 0.25) is 0 Å². The molecule has 0 saturated carbocycles. The van der Waals surface area contributed by atoms with Crippen molar-refractivity contribution in [2.75, 3.05) is 18.4 Å². The summed E-state index contributed by atoms with van der Waals surface area (Å²) < 4.78 is 0. The molecule has 0 amide bonds. The van der Waals surface area contributed by atoms with E-state index in [4.69, 9.17) is 11.5 Å². The molecule has 134 valence electrons. The van der Waals surface area contributed by atoms with Crippen LogP contribution in [0.2, 0.25) is 0 Å². The Kier molecular flexibility index (Phi) is 7.97. The van der Waals surface area contributed by atoms with E-state index in [0.717, 1.165) is 42.5 Å². The quantitative estimate of drug-likeness (QED) is 0.476. The first-order valence-electron chi connectivity index (χ1n) is 7.38. The minimum absolute atomic E-state index is 0. The number of aliphatic imine (C=N–C) groups is 2. The van der Waals surface area contributed by atoms with E-state index in [0.29, 0.717) is 0 Å². The molecule has 1 aliphatic heterocycles. The third-order valence-corrected chi connectivity index (χ3v) is 3.35. The predicted molar refractivity (Wildman–Crippen MR) is 107 cm³/mol. The molecule has 1 aliphatic rings. The van der Waals surface area contributed by atoms with Gasteiger partial charge in [-0.05, 0) is 35.7 Å². The average Bonchev–Trinajstić information content (AvgIpc) is 3.04. The standard InChI is InChI=1S/C16H19N7.2ClH/c17-15(18)22-13-4-1-11(2-5-13)9-12-3-6-14(21-10-12)23-16-19-7-8-20-16;;/h1-6,10H,7-9H2,(H4,17,18,22)(H2,19,20,21,23);2*1H. The zero-order chi connectivity index (χ0) is 16.1. The third-order valence-electron chi connectivity index (χ3n) is 3.35. The number of hydrogen-bond donors (Lipinski definition) is 4. The molecule has 6 N–H and O–H groups in total. The lowest BCUT2D eigenvalue weighted by Crippen LogP contribution is -2.26. The molecule has 3 rings (SSSR count). The van der Waals surface area contributed by atoms with Gasteiger partial charge < -0.3 is 22.1 Å². The van der Waals surface area contributed by atoms with Crippen LogP contribution in [0.25, 0.3) is 0 Å². The predicted octanol–water partition coefficient (Wildman–Crippen LogP) is 1.79. The first-order valence-corrected chi connectivity index (χ1v) is 7.38. The van der Waals surface area contributed by atoms with Gasteiger partial charge in [-0.3, -0.25) is 4.99 Å². The van der Waals surface area contributed by atoms with Crippen molar-refractivity contribution in [1.29, 1.82) is 0 Å². The fourth-order valence-corrected chi connectivity index (χ4v) is 2.28. The van der Waals surface area contributed by atoms with Gasteiger partial charge in [0.25, 0.3) is 0 Å². The van der Waals surface area contributed by atoms with E-state index in [-0.39, 0.29) is 30.8 Å². The minimum Gasteiger partial charge on any atom is -0.370 e. The Bertz CT molecular complexity index is 723. The Balaban J connectivity index is 0.00000156. The summed E-state index contributed by atoms with van der Waals surface area (Å²) >= 11 is 0. The van der Waals surface area contributed by atoms with E-state index in [1.807, 2.05) is 36.5 Å². The highest BCUT2D eigenvalue weighted by atomic mass is 35.5. The van der Waals surface area contributed by atoms with Crippen LogP contribution in [0.5, 0.6) is 0 Å². The summed E-state index contributed by atoms with van der Waals surface area (Å²) in [5, 5.41) is 6.30. The number of hydrogen-bond acceptors (Lipinski definition) is 5. The molecule has 0 atom stereocenters. The molecular formula is C16H21Cl2N7. The number of nitrogens with one attached hydrogen (secondary N) is 2. The van der Waals surface area contributed by atoms with Crippen molar-refractivity contribution in [2.24, 2.45) is 21.5 Å². The van der Waals surface area contributed by atoms with Gasteiger partial charge in [-0.15, -0.1) is 24.8 Å². The Hall–Kier alpha value is -2.51. The van der Waals surface area contributed by atoms with E-state index in [1.165, 1.54) is 5.56 Å². The highest BCUT2D eigenvalue weighted by Gasteiger charge is 2.05. The summed E-state index contributed by atoms with van der Waals surface area (Å²) in [4.78, 5) is 12.7. The second-order valence-corrected chi connectivity index (χ2v) is 5.21. The van der Waals surface area contributed by atoms with Crippen molar-refractivity contribution in [3.8, 4) is 0 Å². The van der Waals surface area contributed by atoms with Gasteiger partial charge in [0.05, 0.1) is 12.2 Å². The Labute approximate surface area is 158 Å². The average molecular weight is 382 g/mol. The summed E-state index contributed by atoms with van der Waals surface area (Å²) in [7, 11) is 0. The van der Waals surface area contributed by atoms with E-state index < -0.39 is 0 Å². The summed E-state index contributed by atoms with van der Waals surface area (Å²) in [6.07, 6.45) is 2.66. The van der Waals surface area contributed by atoms with Crippen LogP contribution in [0.1, 0.15) is 11.1 Å². The lowest BCUT2D eigenvalue weighted by Gasteiger charge is -2.07. The number of pyridine rings is 1. The van der Waals surface area contributed by atoms with Crippen molar-refractivity contribution in [2.45, 2.75) is 6.42 Å². The molecule has 0 aliphatic carbocycles. The number of rotatable bonds is 4. The summed E-state index contributed by atoms with van der Waals surface area (Å²) in [6.45, 7) is 1.67. The van der Waals surface area contributed by atoms with Crippen molar-refractivity contribution in [1.82, 2.24) is 10.3 Å². The maximum absolute atomic E-state index is 5.36. The maximum Gasteiger partial charge on any atom is 0.197 e. The number of aromatic nitrogens is 1. The molecule has 7 nitrogen and oxygen atoms in total. The number of guanidine groups is 2. The highest BCUT2D eigenvalue weighted by Crippen LogP contribution is 2.16. The van der Waals surface area contributed by atoms with Crippen LogP contribution < -0.4 is 22.1 Å². The Morgan fingerprint density at radius 1 is 1.08 bits per heavy atom. The van der Waals surface area contributed by atoms with Crippen LogP contribution in [-0.2, 0) is 6.42 Å². The number of nitrogens with two attached hydrogens (primary N) is 2. The van der Waals surface area contributed by atoms with E-state index in [2.05, 4.69) is 31.7 Å². The van der Waals surface area contributed by atoms with Gasteiger partial charge in [-0.2, -0.15) is 0 Å². The zero-order valence-corrected chi connectivity index (χ0v) is 15.1. The minimum atomic E-state index is 0. The van der Waals surface area contributed by atoms with Gasteiger partial charge >= 0.3 is 0 Å². The van der Waals surface area contributed by atoms with Crippen LogP contribution in [0.15, 0.2) is 52.6 Å². The second-order valence-electron chi connectivity index (χ2n) is 5.21. The van der Waals surface area contributed by atoms with Crippen molar-refractivity contribution in [3.05, 3.63) is 53.7 Å². The molecule has 0 radical (unpaired) electrons.